The summed E-state index contributed by atoms with van der Waals surface area (Å²) in [5.74, 6) is -1.74. The van der Waals surface area contributed by atoms with Crippen LogP contribution in [0.25, 0.3) is 5.65 Å². The van der Waals surface area contributed by atoms with Gasteiger partial charge in [-0.05, 0) is 43.2 Å². The number of nitrogens with zero attached hydrogens (tertiary/aromatic N) is 6. The van der Waals surface area contributed by atoms with Gasteiger partial charge in [-0.25, -0.2) is 22.8 Å². The monoisotopic (exact) mass is 515 g/mol. The van der Waals surface area contributed by atoms with Crippen LogP contribution >= 0.6 is 0 Å². The number of aromatic nitrogens is 4. The highest BCUT2D eigenvalue weighted by molar-refractivity contribution is 7.91. The van der Waals surface area contributed by atoms with Crippen LogP contribution in [0, 0.1) is 11.6 Å². The van der Waals surface area contributed by atoms with Crippen LogP contribution in [0.15, 0.2) is 55.0 Å². The van der Waals surface area contributed by atoms with Crippen LogP contribution in [-0.4, -0.2) is 47.1 Å². The molecule has 36 heavy (non-hydrogen) atoms. The average Bonchev–Trinajstić information content (AvgIpc) is 3.58. The molecule has 4 heterocycles. The second-order valence-electron chi connectivity index (χ2n) is 8.53. The maximum atomic E-state index is 14.5. The molecule has 0 spiro atoms. The third kappa shape index (κ3) is 4.26. The summed E-state index contributed by atoms with van der Waals surface area (Å²) in [7, 11) is -1.32. The number of imidazole rings is 1. The third-order valence-corrected chi connectivity index (χ3v) is 7.58. The van der Waals surface area contributed by atoms with Gasteiger partial charge in [-0.2, -0.15) is 13.5 Å². The van der Waals surface area contributed by atoms with Gasteiger partial charge in [-0.1, -0.05) is 0 Å². The highest BCUT2D eigenvalue weighted by atomic mass is 32.2. The quantitative estimate of drug-likeness (QED) is 0.424. The highest BCUT2D eigenvalue weighted by Crippen LogP contribution is 2.37. The Kier molecular flexibility index (Phi) is 5.86. The molecule has 0 aliphatic carbocycles. The van der Waals surface area contributed by atoms with E-state index in [4.69, 9.17) is 0 Å². The minimum absolute atomic E-state index is 0.00229. The van der Waals surface area contributed by atoms with E-state index in [1.165, 1.54) is 34.5 Å². The summed E-state index contributed by atoms with van der Waals surface area (Å²) >= 11 is 0. The number of nitrogens with one attached hydrogen (secondary N) is 1. The van der Waals surface area contributed by atoms with Crippen LogP contribution in [0.3, 0.4) is 0 Å². The molecule has 1 aliphatic heterocycles. The molecule has 1 amide bonds. The first-order valence-electron chi connectivity index (χ1n) is 11.1. The normalized spacial score (nSPS) is 16.0. The van der Waals surface area contributed by atoms with Crippen LogP contribution in [-0.2, 0) is 17.3 Å². The zero-order valence-electron chi connectivity index (χ0n) is 19.5. The molecule has 1 saturated heterocycles. The first-order valence-corrected chi connectivity index (χ1v) is 12.6. The fraction of sp³-hybridized carbons (Fsp3) is 0.261. The Morgan fingerprint density at radius 1 is 1.19 bits per heavy atom. The lowest BCUT2D eigenvalue weighted by molar-refractivity contribution is 0.0975. The SMILES string of the molecule is CN(c1ccn(C)n1)S(=O)(=O)NC(=O)c1cnc2ccc(N3CCC[C@@H]3c3cc(F)ccc3F)cn12. The summed E-state index contributed by atoms with van der Waals surface area (Å²) in [6.45, 7) is 0.603. The number of aryl methyl sites for hydroxylation is 1. The number of hydrogen-bond donors (Lipinski definition) is 1. The van der Waals surface area contributed by atoms with Gasteiger partial charge in [0.2, 0.25) is 0 Å². The lowest BCUT2D eigenvalue weighted by atomic mass is 10.0. The molecule has 1 N–H and O–H groups in total. The van der Waals surface area contributed by atoms with E-state index in [1.807, 2.05) is 9.62 Å². The van der Waals surface area contributed by atoms with Crippen LogP contribution < -0.4 is 13.9 Å². The zero-order chi connectivity index (χ0) is 25.6. The third-order valence-electron chi connectivity index (χ3n) is 6.23. The fourth-order valence-corrected chi connectivity index (χ4v) is 5.23. The van der Waals surface area contributed by atoms with E-state index < -0.39 is 27.8 Å². The number of amides is 1. The van der Waals surface area contributed by atoms with Gasteiger partial charge in [0.1, 0.15) is 23.0 Å². The standard InChI is InChI=1S/C23H23F2N7O3S/c1-29-11-9-22(27-29)30(2)36(34,35)28-23(33)20-13-26-21-8-6-16(14-32(20)21)31-10-3-4-19(31)17-12-15(24)5-7-18(17)25/h5-9,11-14,19H,3-4,10H2,1-2H3,(H,28,33)/t19-/m1/s1. The summed E-state index contributed by atoms with van der Waals surface area (Å²) in [5, 5.41) is 4.04. The molecule has 5 rings (SSSR count). The molecule has 0 bridgehead atoms. The van der Waals surface area contributed by atoms with E-state index in [0.29, 0.717) is 24.3 Å². The molecule has 1 aliphatic rings. The Morgan fingerprint density at radius 2 is 2.00 bits per heavy atom. The van der Waals surface area contributed by atoms with Crippen LogP contribution in [0.2, 0.25) is 0 Å². The van der Waals surface area contributed by atoms with E-state index in [0.717, 1.165) is 22.9 Å². The van der Waals surface area contributed by atoms with E-state index in [9.17, 15) is 22.0 Å². The van der Waals surface area contributed by atoms with Gasteiger partial charge in [0.25, 0.3) is 5.91 Å². The number of pyridine rings is 1. The second-order valence-corrected chi connectivity index (χ2v) is 10.2. The molecule has 4 aromatic rings. The Balaban J connectivity index is 1.44. The van der Waals surface area contributed by atoms with Crippen molar-refractivity contribution in [2.24, 2.45) is 7.05 Å². The molecule has 1 atom stereocenters. The zero-order valence-corrected chi connectivity index (χ0v) is 20.3. The average molecular weight is 516 g/mol. The first kappa shape index (κ1) is 23.7. The van der Waals surface area contributed by atoms with E-state index in [-0.39, 0.29) is 23.1 Å². The van der Waals surface area contributed by atoms with Crippen molar-refractivity contribution in [2.75, 3.05) is 22.8 Å². The summed E-state index contributed by atoms with van der Waals surface area (Å²) in [4.78, 5) is 19.1. The molecular weight excluding hydrogens is 492 g/mol. The Labute approximate surface area is 205 Å². The Morgan fingerprint density at radius 3 is 2.75 bits per heavy atom. The molecule has 0 saturated carbocycles. The van der Waals surface area contributed by atoms with Gasteiger partial charge in [-0.3, -0.25) is 13.9 Å². The second kappa shape index (κ2) is 8.90. The van der Waals surface area contributed by atoms with E-state index in [2.05, 4.69) is 10.1 Å². The molecule has 188 valence electrons. The van der Waals surface area contributed by atoms with Gasteiger partial charge in [0, 0.05) is 44.7 Å². The first-order chi connectivity index (χ1) is 17.1. The van der Waals surface area contributed by atoms with Crippen molar-refractivity contribution >= 4 is 33.3 Å². The predicted octanol–water partition coefficient (Wildman–Crippen LogP) is 2.80. The van der Waals surface area contributed by atoms with Gasteiger partial charge < -0.3 is 4.90 Å². The van der Waals surface area contributed by atoms with Gasteiger partial charge in [0.15, 0.2) is 5.82 Å². The highest BCUT2D eigenvalue weighted by Gasteiger charge is 2.30. The van der Waals surface area contributed by atoms with Crippen molar-refractivity contribution in [2.45, 2.75) is 18.9 Å². The van der Waals surface area contributed by atoms with E-state index >= 15 is 0 Å². The Hall–Kier alpha value is -4.00. The molecule has 0 radical (unpaired) electrons. The van der Waals surface area contributed by atoms with Gasteiger partial charge in [-0.15, -0.1) is 0 Å². The van der Waals surface area contributed by atoms with Gasteiger partial charge >= 0.3 is 10.2 Å². The molecule has 13 heteroatoms. The number of hydrogen-bond acceptors (Lipinski definition) is 6. The molecule has 1 aromatic carbocycles. The van der Waals surface area contributed by atoms with Crippen molar-refractivity contribution in [3.63, 3.8) is 0 Å². The minimum Gasteiger partial charge on any atom is -0.363 e. The van der Waals surface area contributed by atoms with Crippen molar-refractivity contribution in [1.82, 2.24) is 23.9 Å². The van der Waals surface area contributed by atoms with E-state index in [1.54, 1.807) is 31.6 Å². The number of fused-ring (bicyclic) bond motifs is 1. The molecule has 1 fully saturated rings. The van der Waals surface area contributed by atoms with Crippen LogP contribution in [0.4, 0.5) is 20.3 Å². The topological polar surface area (TPSA) is 105 Å². The minimum atomic E-state index is -4.24. The predicted molar refractivity (Wildman–Crippen MR) is 129 cm³/mol. The molecule has 3 aromatic heterocycles. The smallest absolute Gasteiger partial charge is 0.327 e. The molecule has 0 unspecified atom stereocenters. The number of carbonyl (C=O) groups is 1. The number of rotatable bonds is 6. The maximum Gasteiger partial charge on any atom is 0.327 e. The number of halogens is 2. The van der Waals surface area contributed by atoms with Crippen LogP contribution in [0.5, 0.6) is 0 Å². The van der Waals surface area contributed by atoms with Crippen molar-refractivity contribution in [3.8, 4) is 0 Å². The lowest BCUT2D eigenvalue weighted by Crippen LogP contribution is -2.42. The number of benzene rings is 1. The van der Waals surface area contributed by atoms with Crippen molar-refractivity contribution in [1.29, 1.82) is 0 Å². The summed E-state index contributed by atoms with van der Waals surface area (Å²) in [6.07, 6.45) is 5.90. The molecule has 10 nitrogen and oxygen atoms in total. The summed E-state index contributed by atoms with van der Waals surface area (Å²) in [5.41, 5.74) is 1.35. The molecular formula is C23H23F2N7O3S. The van der Waals surface area contributed by atoms with Crippen molar-refractivity contribution < 1.29 is 22.0 Å². The lowest BCUT2D eigenvalue weighted by Gasteiger charge is -2.27. The van der Waals surface area contributed by atoms with Crippen LogP contribution in [0.1, 0.15) is 34.9 Å². The summed E-state index contributed by atoms with van der Waals surface area (Å²) < 4.78 is 59.7. The summed E-state index contributed by atoms with van der Waals surface area (Å²) in [6, 6.07) is 7.98. The Bertz CT molecular complexity index is 1570. The number of anilines is 2. The van der Waals surface area contributed by atoms with Gasteiger partial charge in [0.05, 0.1) is 17.9 Å². The largest absolute Gasteiger partial charge is 0.363 e. The van der Waals surface area contributed by atoms with Crippen molar-refractivity contribution in [3.05, 3.63) is 77.9 Å². The fourth-order valence-electron chi connectivity index (χ4n) is 4.41. The number of carbonyl (C=O) groups excluding carboxylic acids is 1. The maximum absolute atomic E-state index is 14.5.